The van der Waals surface area contributed by atoms with Gasteiger partial charge in [-0.05, 0) is 53.3 Å². The summed E-state index contributed by atoms with van der Waals surface area (Å²) in [6.45, 7) is 3.83. The summed E-state index contributed by atoms with van der Waals surface area (Å²) in [7, 11) is 0. The summed E-state index contributed by atoms with van der Waals surface area (Å²) in [5.74, 6) is 1.59. The molecule has 0 fully saturated rings. The summed E-state index contributed by atoms with van der Waals surface area (Å²) < 4.78 is 54.5. The molecule has 0 bridgehead atoms. The molecule has 1 aliphatic carbocycles. The summed E-state index contributed by atoms with van der Waals surface area (Å²) in [5, 5.41) is 0. The van der Waals surface area contributed by atoms with E-state index in [2.05, 4.69) is 9.88 Å². The standard InChI is InChI=1S/C31H31F3N2O3/c1-2-21(37)14-20-18-38-30-15-22(5-6-23(20)30)39-29-10-8-24-25(29)7-9-27(31(32,33)34)26(24)17-36-13-11-28-19(16-36)4-3-12-35-28/h3-7,9,12,15,20,29H,2,8,10-11,13-14,16-18H2,1H3/t20-,29-/m1/s1. The van der Waals surface area contributed by atoms with Gasteiger partial charge in [-0.3, -0.25) is 14.7 Å². The summed E-state index contributed by atoms with van der Waals surface area (Å²) >= 11 is 0. The molecule has 1 aromatic heterocycles. The lowest BCUT2D eigenvalue weighted by molar-refractivity contribution is -0.138. The van der Waals surface area contributed by atoms with Crippen LogP contribution in [0.15, 0.2) is 48.7 Å². The number of rotatable bonds is 7. The van der Waals surface area contributed by atoms with E-state index in [0.29, 0.717) is 62.4 Å². The van der Waals surface area contributed by atoms with E-state index < -0.39 is 11.7 Å². The zero-order chi connectivity index (χ0) is 27.1. The molecule has 0 radical (unpaired) electrons. The van der Waals surface area contributed by atoms with Gasteiger partial charge in [-0.2, -0.15) is 13.2 Å². The minimum atomic E-state index is -4.43. The van der Waals surface area contributed by atoms with E-state index in [-0.39, 0.29) is 24.3 Å². The molecule has 0 saturated carbocycles. The number of carbonyl (C=O) groups excluding carboxylic acids is 1. The van der Waals surface area contributed by atoms with Crippen LogP contribution >= 0.6 is 0 Å². The Bertz CT molecular complexity index is 1400. The molecule has 0 amide bonds. The van der Waals surface area contributed by atoms with E-state index >= 15 is 0 Å². The zero-order valence-corrected chi connectivity index (χ0v) is 21.9. The van der Waals surface area contributed by atoms with Crippen molar-refractivity contribution >= 4 is 5.78 Å². The Morgan fingerprint density at radius 2 is 2.00 bits per heavy atom. The van der Waals surface area contributed by atoms with Gasteiger partial charge in [-0.25, -0.2) is 0 Å². The number of fused-ring (bicyclic) bond motifs is 3. The van der Waals surface area contributed by atoms with Crippen molar-refractivity contribution in [3.8, 4) is 11.5 Å². The first-order chi connectivity index (χ1) is 18.8. The van der Waals surface area contributed by atoms with Gasteiger partial charge >= 0.3 is 6.18 Å². The van der Waals surface area contributed by atoms with E-state index in [1.165, 1.54) is 6.07 Å². The minimum Gasteiger partial charge on any atom is -0.492 e. The first-order valence-corrected chi connectivity index (χ1v) is 13.6. The molecule has 6 rings (SSSR count). The number of alkyl halides is 3. The van der Waals surface area contributed by atoms with Crippen molar-refractivity contribution in [1.29, 1.82) is 0 Å². The molecule has 8 heteroatoms. The fourth-order valence-electron chi connectivity index (χ4n) is 6.17. The normalized spacial score (nSPS) is 20.2. The number of ketones is 1. The fourth-order valence-corrected chi connectivity index (χ4v) is 6.17. The van der Waals surface area contributed by atoms with Gasteiger partial charge in [0.1, 0.15) is 23.4 Å². The summed E-state index contributed by atoms with van der Waals surface area (Å²) in [6.07, 6.45) is -0.144. The fraction of sp³-hybridized carbons (Fsp3) is 0.419. The first kappa shape index (κ1) is 25.9. The molecule has 3 aliphatic rings. The average Bonchev–Trinajstić information content (AvgIpc) is 3.52. The predicted molar refractivity (Wildman–Crippen MR) is 140 cm³/mol. The summed E-state index contributed by atoms with van der Waals surface area (Å²) in [6, 6.07) is 12.3. The zero-order valence-electron chi connectivity index (χ0n) is 21.9. The average molecular weight is 537 g/mol. The molecular formula is C31H31F3N2O3. The van der Waals surface area contributed by atoms with Crippen molar-refractivity contribution in [2.75, 3.05) is 13.2 Å². The van der Waals surface area contributed by atoms with Crippen LogP contribution in [0, 0.1) is 0 Å². The molecule has 2 atom stereocenters. The molecule has 3 aromatic rings. The molecule has 39 heavy (non-hydrogen) atoms. The molecule has 204 valence electrons. The summed E-state index contributed by atoms with van der Waals surface area (Å²) in [4.78, 5) is 18.4. The van der Waals surface area contributed by atoms with Crippen LogP contribution in [0.25, 0.3) is 0 Å². The number of carbonyl (C=O) groups is 1. The van der Waals surface area contributed by atoms with Crippen molar-refractivity contribution < 1.29 is 27.4 Å². The van der Waals surface area contributed by atoms with Gasteiger partial charge in [0.2, 0.25) is 0 Å². The molecule has 2 aromatic carbocycles. The van der Waals surface area contributed by atoms with Gasteiger partial charge in [0.15, 0.2) is 0 Å². The monoisotopic (exact) mass is 536 g/mol. The third-order valence-electron chi connectivity index (χ3n) is 8.21. The van der Waals surface area contributed by atoms with Gasteiger partial charge in [0.05, 0.1) is 12.2 Å². The lowest BCUT2D eigenvalue weighted by Gasteiger charge is -2.30. The molecule has 0 unspecified atom stereocenters. The van der Waals surface area contributed by atoms with Crippen molar-refractivity contribution in [2.24, 2.45) is 0 Å². The predicted octanol–water partition coefficient (Wildman–Crippen LogP) is 6.57. The second-order valence-corrected chi connectivity index (χ2v) is 10.7. The van der Waals surface area contributed by atoms with Crippen LogP contribution in [-0.4, -0.2) is 28.8 Å². The molecule has 3 heterocycles. The largest absolute Gasteiger partial charge is 0.492 e. The highest BCUT2D eigenvalue weighted by atomic mass is 19.4. The van der Waals surface area contributed by atoms with Crippen molar-refractivity contribution in [3.05, 3.63) is 87.7 Å². The number of benzene rings is 2. The Morgan fingerprint density at radius 1 is 1.15 bits per heavy atom. The topological polar surface area (TPSA) is 51.7 Å². The number of aromatic nitrogens is 1. The molecule has 0 N–H and O–H groups in total. The highest BCUT2D eigenvalue weighted by molar-refractivity contribution is 5.79. The van der Waals surface area contributed by atoms with Gasteiger partial charge in [0, 0.05) is 68.3 Å². The van der Waals surface area contributed by atoms with E-state index in [1.54, 1.807) is 12.3 Å². The van der Waals surface area contributed by atoms with Crippen LogP contribution in [0.1, 0.15) is 77.3 Å². The number of Topliss-reactive ketones (excluding diaryl/α,β-unsaturated/α-hetero) is 1. The van der Waals surface area contributed by atoms with Crippen molar-refractivity contribution in [3.63, 3.8) is 0 Å². The third-order valence-corrected chi connectivity index (χ3v) is 8.21. The van der Waals surface area contributed by atoms with Gasteiger partial charge in [-0.1, -0.05) is 25.1 Å². The number of halogens is 3. The van der Waals surface area contributed by atoms with Crippen LogP contribution in [0.4, 0.5) is 13.2 Å². The van der Waals surface area contributed by atoms with Gasteiger partial charge in [0.25, 0.3) is 0 Å². The summed E-state index contributed by atoms with van der Waals surface area (Å²) in [5.41, 5.74) is 4.49. The molecule has 0 spiro atoms. The van der Waals surface area contributed by atoms with Gasteiger partial charge in [-0.15, -0.1) is 0 Å². The maximum atomic E-state index is 14.1. The molecule has 2 aliphatic heterocycles. The second-order valence-electron chi connectivity index (χ2n) is 10.7. The molecule has 0 saturated heterocycles. The highest BCUT2D eigenvalue weighted by Gasteiger charge is 2.38. The van der Waals surface area contributed by atoms with Crippen LogP contribution in [0.2, 0.25) is 0 Å². The Hall–Kier alpha value is -3.39. The van der Waals surface area contributed by atoms with Crippen molar-refractivity contribution in [2.45, 2.75) is 70.3 Å². The molecule has 5 nitrogen and oxygen atoms in total. The van der Waals surface area contributed by atoms with E-state index in [0.717, 1.165) is 34.4 Å². The number of pyridine rings is 1. The van der Waals surface area contributed by atoms with Crippen LogP contribution < -0.4 is 9.47 Å². The quantitative estimate of drug-likeness (QED) is 0.342. The number of hydrogen-bond donors (Lipinski definition) is 0. The SMILES string of the molecule is CCC(=O)C[C@@H]1COc2cc(O[C@@H]3CCc4c3ccc(C(F)(F)F)c4CN3CCc4ncccc4C3)ccc21. The Morgan fingerprint density at radius 3 is 2.82 bits per heavy atom. The van der Waals surface area contributed by atoms with Gasteiger partial charge < -0.3 is 9.47 Å². The van der Waals surface area contributed by atoms with Crippen molar-refractivity contribution in [1.82, 2.24) is 9.88 Å². The third kappa shape index (κ3) is 5.14. The maximum Gasteiger partial charge on any atom is 0.416 e. The van der Waals surface area contributed by atoms with E-state index in [9.17, 15) is 18.0 Å². The second kappa shape index (κ2) is 10.3. The lowest BCUT2D eigenvalue weighted by Crippen LogP contribution is -2.32. The maximum absolute atomic E-state index is 14.1. The van der Waals surface area contributed by atoms with E-state index in [4.69, 9.17) is 9.47 Å². The molecular weight excluding hydrogens is 505 g/mol. The smallest absolute Gasteiger partial charge is 0.416 e. The number of ether oxygens (including phenoxy) is 2. The van der Waals surface area contributed by atoms with Crippen LogP contribution in [0.3, 0.4) is 0 Å². The number of hydrogen-bond acceptors (Lipinski definition) is 5. The van der Waals surface area contributed by atoms with E-state index in [1.807, 2.05) is 37.3 Å². The lowest BCUT2D eigenvalue weighted by atomic mass is 9.95. The Labute approximate surface area is 226 Å². The van der Waals surface area contributed by atoms with Crippen LogP contribution in [0.5, 0.6) is 11.5 Å². The Kier molecular flexibility index (Phi) is 6.83. The highest BCUT2D eigenvalue weighted by Crippen LogP contribution is 2.44. The Balaban J connectivity index is 1.24. The number of nitrogens with zero attached hydrogens (tertiary/aromatic N) is 2. The van der Waals surface area contributed by atoms with Crippen LogP contribution in [-0.2, 0) is 36.9 Å². The first-order valence-electron chi connectivity index (χ1n) is 13.6. The minimum absolute atomic E-state index is 0.0505.